The summed E-state index contributed by atoms with van der Waals surface area (Å²) in [6.45, 7) is 3.80. The predicted octanol–water partition coefficient (Wildman–Crippen LogP) is 1.97. The van der Waals surface area contributed by atoms with Crippen molar-refractivity contribution in [3.05, 3.63) is 41.9 Å². The van der Waals surface area contributed by atoms with E-state index in [-0.39, 0.29) is 17.6 Å². The number of nitrogens with one attached hydrogen (secondary N) is 1. The largest absolute Gasteiger partial charge is 0.497 e. The van der Waals surface area contributed by atoms with Crippen LogP contribution in [0.25, 0.3) is 0 Å². The van der Waals surface area contributed by atoms with Crippen LogP contribution in [0, 0.1) is 0 Å². The Morgan fingerprint density at radius 1 is 1.42 bits per heavy atom. The van der Waals surface area contributed by atoms with E-state index in [4.69, 9.17) is 4.74 Å². The van der Waals surface area contributed by atoms with Crippen molar-refractivity contribution in [3.8, 4) is 5.75 Å². The molecule has 1 aliphatic rings. The Hall–Kier alpha value is -1.90. The number of aliphatic hydroxyl groups is 1. The van der Waals surface area contributed by atoms with Crippen LogP contribution >= 0.6 is 0 Å². The van der Waals surface area contributed by atoms with Crippen LogP contribution in [-0.2, 0) is 22.0 Å². The number of nitrogens with zero attached hydrogens (tertiary/aromatic N) is 2. The summed E-state index contributed by atoms with van der Waals surface area (Å²) in [5.74, 6) is 0.729. The van der Waals surface area contributed by atoms with Gasteiger partial charge in [-0.2, -0.15) is 0 Å². The van der Waals surface area contributed by atoms with Gasteiger partial charge < -0.3 is 14.4 Å². The van der Waals surface area contributed by atoms with Crippen LogP contribution in [0.2, 0.25) is 0 Å². The molecule has 8 heteroatoms. The summed E-state index contributed by atoms with van der Waals surface area (Å²) >= 11 is 0. The summed E-state index contributed by atoms with van der Waals surface area (Å²) in [6.07, 6.45) is 5.10. The molecule has 3 rings (SSSR count). The maximum Gasteiger partial charge on any atom is 0.259 e. The number of fused-ring (bicyclic) bond motifs is 1. The Morgan fingerprint density at radius 3 is 2.85 bits per heavy atom. The molecule has 0 aliphatic heterocycles. The van der Waals surface area contributed by atoms with Crippen molar-refractivity contribution in [1.29, 1.82) is 0 Å². The summed E-state index contributed by atoms with van der Waals surface area (Å²) in [5.41, 5.74) is 0.495. The molecule has 0 amide bonds. The van der Waals surface area contributed by atoms with Gasteiger partial charge in [0.05, 0.1) is 13.4 Å². The first-order valence-corrected chi connectivity index (χ1v) is 10.2. The number of sulfonamides is 1. The van der Waals surface area contributed by atoms with Gasteiger partial charge in [0.1, 0.15) is 11.4 Å². The van der Waals surface area contributed by atoms with E-state index < -0.39 is 15.6 Å². The van der Waals surface area contributed by atoms with E-state index in [9.17, 15) is 13.5 Å². The van der Waals surface area contributed by atoms with Crippen molar-refractivity contribution in [2.45, 2.75) is 49.8 Å². The number of aromatic nitrogens is 2. The molecule has 2 aromatic rings. The molecule has 0 spiro atoms. The number of rotatable bonds is 6. The number of benzene rings is 1. The molecule has 1 aromatic carbocycles. The van der Waals surface area contributed by atoms with E-state index in [1.807, 2.05) is 26.0 Å². The lowest BCUT2D eigenvalue weighted by molar-refractivity contribution is 0.0242. The molecular formula is C18H25N3O4S. The fourth-order valence-electron chi connectivity index (χ4n) is 3.27. The smallest absolute Gasteiger partial charge is 0.259 e. The first-order valence-electron chi connectivity index (χ1n) is 8.68. The van der Waals surface area contributed by atoms with Gasteiger partial charge >= 0.3 is 0 Å². The van der Waals surface area contributed by atoms with Gasteiger partial charge in [-0.3, -0.25) is 0 Å². The first-order chi connectivity index (χ1) is 12.2. The van der Waals surface area contributed by atoms with Gasteiger partial charge in [0.25, 0.3) is 10.0 Å². The van der Waals surface area contributed by atoms with Crippen molar-refractivity contribution in [1.82, 2.24) is 14.3 Å². The normalized spacial score (nSPS) is 20.2. The highest BCUT2D eigenvalue weighted by atomic mass is 32.2. The van der Waals surface area contributed by atoms with E-state index in [2.05, 4.69) is 9.71 Å². The van der Waals surface area contributed by atoms with Crippen molar-refractivity contribution >= 4 is 10.0 Å². The molecule has 1 aliphatic carbocycles. The molecule has 0 radical (unpaired) electrons. The monoisotopic (exact) mass is 379 g/mol. The van der Waals surface area contributed by atoms with Crippen molar-refractivity contribution in [3.63, 3.8) is 0 Å². The van der Waals surface area contributed by atoms with Gasteiger partial charge in [-0.25, -0.2) is 18.1 Å². The average molecular weight is 379 g/mol. The molecule has 0 saturated heterocycles. The van der Waals surface area contributed by atoms with Gasteiger partial charge in [-0.05, 0) is 56.4 Å². The highest BCUT2D eigenvalue weighted by Gasteiger charge is 2.36. The van der Waals surface area contributed by atoms with Crippen LogP contribution in [-0.4, -0.2) is 36.7 Å². The lowest BCUT2D eigenvalue weighted by Gasteiger charge is -2.34. The Balaban J connectivity index is 1.80. The van der Waals surface area contributed by atoms with Gasteiger partial charge in [0.2, 0.25) is 0 Å². The number of hydrogen-bond donors (Lipinski definition) is 2. The molecule has 1 atom stereocenters. The lowest BCUT2D eigenvalue weighted by atomic mass is 9.79. The third-order valence-corrected chi connectivity index (χ3v) is 6.14. The molecule has 1 unspecified atom stereocenters. The summed E-state index contributed by atoms with van der Waals surface area (Å²) in [6, 6.07) is 5.62. The minimum Gasteiger partial charge on any atom is -0.497 e. The average Bonchev–Trinajstić information content (AvgIpc) is 3.11. The van der Waals surface area contributed by atoms with Crippen molar-refractivity contribution in [2.75, 3.05) is 13.7 Å². The Labute approximate surface area is 154 Å². The second-order valence-electron chi connectivity index (χ2n) is 6.99. The zero-order valence-electron chi connectivity index (χ0n) is 15.3. The van der Waals surface area contributed by atoms with Crippen LogP contribution < -0.4 is 9.46 Å². The zero-order chi connectivity index (χ0) is 18.9. The SMILES string of the molecule is COc1ccc2c(c1)CCCC2(O)CNS(=O)(=O)c1cn(C(C)C)cn1. The molecule has 26 heavy (non-hydrogen) atoms. The van der Waals surface area contributed by atoms with Crippen molar-refractivity contribution in [2.24, 2.45) is 0 Å². The number of ether oxygens (including phenoxy) is 1. The fraction of sp³-hybridized carbons (Fsp3) is 0.500. The Bertz CT molecular complexity index is 892. The predicted molar refractivity (Wildman–Crippen MR) is 97.6 cm³/mol. The molecule has 1 heterocycles. The second-order valence-corrected chi connectivity index (χ2v) is 8.70. The standard InChI is InChI=1S/C18H25N3O4S/c1-13(2)21-10-17(19-12-21)26(23,24)20-11-18(22)8-4-5-14-9-15(25-3)6-7-16(14)18/h6-7,9-10,12-13,20,22H,4-5,8,11H2,1-3H3. The van der Waals surface area contributed by atoms with Crippen LogP contribution in [0.5, 0.6) is 5.75 Å². The third-order valence-electron chi connectivity index (χ3n) is 4.85. The van der Waals surface area contributed by atoms with Gasteiger partial charge in [0.15, 0.2) is 5.03 Å². The summed E-state index contributed by atoms with van der Waals surface area (Å²) in [4.78, 5) is 3.98. The molecule has 0 fully saturated rings. The highest BCUT2D eigenvalue weighted by molar-refractivity contribution is 7.89. The summed E-state index contributed by atoms with van der Waals surface area (Å²) in [5, 5.41) is 11.1. The summed E-state index contributed by atoms with van der Waals surface area (Å²) in [7, 11) is -2.19. The van der Waals surface area contributed by atoms with E-state index >= 15 is 0 Å². The molecule has 142 valence electrons. The van der Waals surface area contributed by atoms with Crippen molar-refractivity contribution < 1.29 is 18.3 Å². The maximum atomic E-state index is 12.5. The summed E-state index contributed by atoms with van der Waals surface area (Å²) < 4.78 is 34.6. The molecule has 0 saturated carbocycles. The first kappa shape index (κ1) is 18.9. The zero-order valence-corrected chi connectivity index (χ0v) is 16.1. The fourth-order valence-corrected chi connectivity index (χ4v) is 4.30. The van der Waals surface area contributed by atoms with Gasteiger partial charge in [-0.15, -0.1) is 0 Å². The molecule has 0 bridgehead atoms. The van der Waals surface area contributed by atoms with E-state index in [0.29, 0.717) is 6.42 Å². The van der Waals surface area contributed by atoms with Crippen LogP contribution in [0.4, 0.5) is 0 Å². The maximum absolute atomic E-state index is 12.5. The molecule has 7 nitrogen and oxygen atoms in total. The van der Waals surface area contributed by atoms with Crippen LogP contribution in [0.15, 0.2) is 35.7 Å². The molecule has 1 aromatic heterocycles. The lowest BCUT2D eigenvalue weighted by Crippen LogP contribution is -2.43. The highest BCUT2D eigenvalue weighted by Crippen LogP contribution is 2.36. The van der Waals surface area contributed by atoms with E-state index in [1.54, 1.807) is 17.7 Å². The minimum atomic E-state index is -3.79. The number of aryl methyl sites for hydroxylation is 1. The quantitative estimate of drug-likeness (QED) is 0.800. The number of hydrogen-bond acceptors (Lipinski definition) is 5. The topological polar surface area (TPSA) is 93.5 Å². The van der Waals surface area contributed by atoms with Crippen LogP contribution in [0.3, 0.4) is 0 Å². The Kier molecular flexibility index (Phi) is 5.09. The number of methoxy groups -OCH3 is 1. The second kappa shape index (κ2) is 7.02. The number of imidazole rings is 1. The molecule has 2 N–H and O–H groups in total. The van der Waals surface area contributed by atoms with Gasteiger partial charge in [0, 0.05) is 18.8 Å². The van der Waals surface area contributed by atoms with E-state index in [1.165, 1.54) is 12.5 Å². The third kappa shape index (κ3) is 3.62. The van der Waals surface area contributed by atoms with Crippen LogP contribution in [0.1, 0.15) is 43.9 Å². The minimum absolute atomic E-state index is 0.0411. The van der Waals surface area contributed by atoms with E-state index in [0.717, 1.165) is 29.7 Å². The van der Waals surface area contributed by atoms with Gasteiger partial charge in [-0.1, -0.05) is 6.07 Å². The Morgan fingerprint density at radius 2 is 2.19 bits per heavy atom. The molecular weight excluding hydrogens is 354 g/mol.